The number of rotatable bonds is 5. The van der Waals surface area contributed by atoms with Crippen molar-refractivity contribution in [2.75, 3.05) is 6.54 Å². The Bertz CT molecular complexity index is 709. The number of nitrogens with one attached hydrogen (secondary N) is 2. The van der Waals surface area contributed by atoms with Crippen molar-refractivity contribution in [2.45, 2.75) is 25.2 Å². The third kappa shape index (κ3) is 4.26. The van der Waals surface area contributed by atoms with Crippen LogP contribution in [-0.4, -0.2) is 29.6 Å². The summed E-state index contributed by atoms with van der Waals surface area (Å²) in [4.78, 5) is 16.0. The highest BCUT2D eigenvalue weighted by molar-refractivity contribution is 5.82. The molecule has 0 spiro atoms. The molecule has 1 fully saturated rings. The number of nitrogens with zero attached hydrogens (tertiary/aromatic N) is 1. The van der Waals surface area contributed by atoms with Gasteiger partial charge in [0.1, 0.15) is 17.7 Å². The number of ether oxygens (including phenoxy) is 1. The third-order valence-electron chi connectivity index (χ3n) is 3.70. The number of hydrogen-bond donors (Lipinski definition) is 2. The van der Waals surface area contributed by atoms with Gasteiger partial charge >= 0.3 is 0 Å². The van der Waals surface area contributed by atoms with Crippen molar-refractivity contribution < 1.29 is 18.3 Å². The summed E-state index contributed by atoms with van der Waals surface area (Å²) < 4.78 is 31.5. The molecule has 7 heteroatoms. The number of hydrogen-bond acceptors (Lipinski definition) is 4. The Hall–Kier alpha value is -2.54. The number of aromatic nitrogens is 1. The first-order chi connectivity index (χ1) is 11.6. The Kier molecular flexibility index (Phi) is 5.00. The molecule has 126 valence electrons. The average molecular weight is 333 g/mol. The van der Waals surface area contributed by atoms with Crippen molar-refractivity contribution >= 4 is 5.91 Å². The molecule has 2 heterocycles. The number of amides is 1. The van der Waals surface area contributed by atoms with Crippen LogP contribution in [-0.2, 0) is 11.3 Å². The Morgan fingerprint density at radius 3 is 2.83 bits per heavy atom. The molecule has 24 heavy (non-hydrogen) atoms. The summed E-state index contributed by atoms with van der Waals surface area (Å²) in [7, 11) is 0. The van der Waals surface area contributed by atoms with Crippen LogP contribution in [0.2, 0.25) is 0 Å². The lowest BCUT2D eigenvalue weighted by Gasteiger charge is -2.11. The molecule has 1 aromatic heterocycles. The fourth-order valence-electron chi connectivity index (χ4n) is 2.44. The highest BCUT2D eigenvalue weighted by Gasteiger charge is 2.28. The molecule has 1 amide bonds. The second-order valence-electron chi connectivity index (χ2n) is 5.57. The van der Waals surface area contributed by atoms with E-state index in [-0.39, 0.29) is 31.2 Å². The number of pyridine rings is 1. The summed E-state index contributed by atoms with van der Waals surface area (Å²) in [5.74, 6) is 0.237. The van der Waals surface area contributed by atoms with E-state index in [0.717, 1.165) is 5.56 Å². The zero-order valence-electron chi connectivity index (χ0n) is 12.8. The summed E-state index contributed by atoms with van der Waals surface area (Å²) in [5, 5.41) is 5.60. The number of halogens is 2. The van der Waals surface area contributed by atoms with Crippen molar-refractivity contribution in [2.24, 2.45) is 0 Å². The fraction of sp³-hybridized carbons (Fsp3) is 0.294. The number of alkyl halides is 1. The minimum atomic E-state index is -0.975. The molecule has 2 N–H and O–H groups in total. The van der Waals surface area contributed by atoms with Gasteiger partial charge in [-0.15, -0.1) is 0 Å². The van der Waals surface area contributed by atoms with E-state index in [4.69, 9.17) is 4.74 Å². The standard InChI is InChI=1S/C17H17F2N3O2/c18-12-1-3-14(4-2-12)24-16-7-11(5-6-20-16)9-22-17(23)15-8-13(19)10-21-15/h1-7,13,15,21H,8-10H2,(H,22,23)/t13-,15+/m0/s1. The molecule has 2 atom stereocenters. The fourth-order valence-corrected chi connectivity index (χ4v) is 2.44. The summed E-state index contributed by atoms with van der Waals surface area (Å²) in [6, 6.07) is 8.55. The predicted octanol–water partition coefficient (Wildman–Crippen LogP) is 2.33. The van der Waals surface area contributed by atoms with Gasteiger partial charge in [0.2, 0.25) is 11.8 Å². The average Bonchev–Trinajstić information content (AvgIpc) is 3.02. The Balaban J connectivity index is 1.57. The zero-order chi connectivity index (χ0) is 16.9. The van der Waals surface area contributed by atoms with Gasteiger partial charge in [-0.1, -0.05) is 0 Å². The maximum atomic E-state index is 13.1. The Morgan fingerprint density at radius 2 is 2.12 bits per heavy atom. The van der Waals surface area contributed by atoms with Gasteiger partial charge in [-0.3, -0.25) is 4.79 Å². The minimum Gasteiger partial charge on any atom is -0.439 e. The molecular formula is C17H17F2N3O2. The van der Waals surface area contributed by atoms with Crippen LogP contribution >= 0.6 is 0 Å². The molecule has 5 nitrogen and oxygen atoms in total. The molecule has 3 rings (SSSR count). The molecular weight excluding hydrogens is 316 g/mol. The lowest BCUT2D eigenvalue weighted by atomic mass is 10.2. The zero-order valence-corrected chi connectivity index (χ0v) is 12.8. The van der Waals surface area contributed by atoms with Crippen LogP contribution in [0.5, 0.6) is 11.6 Å². The number of carbonyl (C=O) groups is 1. The van der Waals surface area contributed by atoms with Gasteiger partial charge < -0.3 is 15.4 Å². The van der Waals surface area contributed by atoms with Crippen LogP contribution in [0.1, 0.15) is 12.0 Å². The molecule has 0 unspecified atom stereocenters. The quantitative estimate of drug-likeness (QED) is 0.881. The lowest BCUT2D eigenvalue weighted by molar-refractivity contribution is -0.123. The third-order valence-corrected chi connectivity index (χ3v) is 3.70. The van der Waals surface area contributed by atoms with E-state index >= 15 is 0 Å². The van der Waals surface area contributed by atoms with Gasteiger partial charge in [0, 0.05) is 31.8 Å². The molecule has 0 saturated carbocycles. The largest absolute Gasteiger partial charge is 0.439 e. The second-order valence-corrected chi connectivity index (χ2v) is 5.57. The molecule has 1 aliphatic heterocycles. The van der Waals surface area contributed by atoms with Crippen molar-refractivity contribution in [3.05, 3.63) is 54.0 Å². The smallest absolute Gasteiger partial charge is 0.237 e. The van der Waals surface area contributed by atoms with Crippen LogP contribution in [0, 0.1) is 5.82 Å². The van der Waals surface area contributed by atoms with E-state index in [0.29, 0.717) is 11.6 Å². The van der Waals surface area contributed by atoms with E-state index in [1.807, 2.05) is 0 Å². The predicted molar refractivity (Wildman–Crippen MR) is 83.9 cm³/mol. The van der Waals surface area contributed by atoms with Crippen LogP contribution in [0.15, 0.2) is 42.6 Å². The van der Waals surface area contributed by atoms with E-state index in [1.165, 1.54) is 24.3 Å². The van der Waals surface area contributed by atoms with Gasteiger partial charge in [-0.25, -0.2) is 13.8 Å². The highest BCUT2D eigenvalue weighted by atomic mass is 19.1. The van der Waals surface area contributed by atoms with E-state index in [1.54, 1.807) is 18.3 Å². The van der Waals surface area contributed by atoms with Gasteiger partial charge in [0.05, 0.1) is 6.04 Å². The Morgan fingerprint density at radius 1 is 1.33 bits per heavy atom. The van der Waals surface area contributed by atoms with Gasteiger partial charge in [0.25, 0.3) is 0 Å². The monoisotopic (exact) mass is 333 g/mol. The second kappa shape index (κ2) is 7.35. The first-order valence-electron chi connectivity index (χ1n) is 7.63. The van der Waals surface area contributed by atoms with Gasteiger partial charge in [-0.2, -0.15) is 0 Å². The summed E-state index contributed by atoms with van der Waals surface area (Å²) in [5.41, 5.74) is 0.797. The van der Waals surface area contributed by atoms with Gasteiger partial charge in [-0.05, 0) is 35.9 Å². The van der Waals surface area contributed by atoms with Crippen LogP contribution in [0.4, 0.5) is 8.78 Å². The molecule has 0 radical (unpaired) electrons. The molecule has 0 bridgehead atoms. The topological polar surface area (TPSA) is 63.2 Å². The van der Waals surface area contributed by atoms with Crippen molar-refractivity contribution in [1.82, 2.24) is 15.6 Å². The molecule has 1 aliphatic rings. The van der Waals surface area contributed by atoms with Crippen molar-refractivity contribution in [3.63, 3.8) is 0 Å². The number of benzene rings is 1. The normalized spacial score (nSPS) is 19.9. The van der Waals surface area contributed by atoms with Crippen molar-refractivity contribution in [3.8, 4) is 11.6 Å². The highest BCUT2D eigenvalue weighted by Crippen LogP contribution is 2.20. The minimum absolute atomic E-state index is 0.196. The van der Waals surface area contributed by atoms with E-state index in [9.17, 15) is 13.6 Å². The van der Waals surface area contributed by atoms with Crippen molar-refractivity contribution in [1.29, 1.82) is 0 Å². The van der Waals surface area contributed by atoms with Crippen LogP contribution in [0.3, 0.4) is 0 Å². The van der Waals surface area contributed by atoms with E-state index in [2.05, 4.69) is 15.6 Å². The Labute approximate surface area is 138 Å². The lowest BCUT2D eigenvalue weighted by Crippen LogP contribution is -2.40. The van der Waals surface area contributed by atoms with Crippen LogP contribution in [0.25, 0.3) is 0 Å². The molecule has 1 saturated heterocycles. The van der Waals surface area contributed by atoms with Gasteiger partial charge in [0.15, 0.2) is 0 Å². The summed E-state index contributed by atoms with van der Waals surface area (Å²) >= 11 is 0. The summed E-state index contributed by atoms with van der Waals surface area (Å²) in [6.45, 7) is 0.499. The number of carbonyl (C=O) groups excluding carboxylic acids is 1. The SMILES string of the molecule is O=C(NCc1ccnc(Oc2ccc(F)cc2)c1)[C@H]1C[C@H](F)CN1. The maximum absolute atomic E-state index is 13.1. The van der Waals surface area contributed by atoms with E-state index < -0.39 is 12.2 Å². The first kappa shape index (κ1) is 16.3. The maximum Gasteiger partial charge on any atom is 0.237 e. The van der Waals surface area contributed by atoms with Crippen LogP contribution < -0.4 is 15.4 Å². The molecule has 2 aromatic rings. The first-order valence-corrected chi connectivity index (χ1v) is 7.63. The molecule has 0 aliphatic carbocycles. The molecule has 1 aromatic carbocycles. The summed E-state index contributed by atoms with van der Waals surface area (Å²) in [6.07, 6.45) is 0.782.